The number of aliphatic hydroxyl groups excluding tert-OH is 2. The number of rotatable bonds is 22. The Balaban J connectivity index is 3.05. The monoisotopic (exact) mass is 506 g/mol. The van der Waals surface area contributed by atoms with Crippen molar-refractivity contribution in [3.05, 3.63) is 0 Å². The van der Waals surface area contributed by atoms with Crippen LogP contribution in [-0.4, -0.2) is 101 Å². The molecule has 1 fully saturated rings. The van der Waals surface area contributed by atoms with Gasteiger partial charge in [-0.1, -0.05) is 59.8 Å². The summed E-state index contributed by atoms with van der Waals surface area (Å²) in [5.41, 5.74) is -0.130. The molecular weight excluding hydrogens is 452 g/mol. The first-order valence-corrected chi connectivity index (χ1v) is 13.8. The van der Waals surface area contributed by atoms with Crippen LogP contribution in [-0.2, 0) is 28.4 Å². The molecule has 35 heavy (non-hydrogen) atoms. The molecule has 0 saturated carbocycles. The van der Waals surface area contributed by atoms with Crippen LogP contribution in [0.25, 0.3) is 0 Å². The van der Waals surface area contributed by atoms with Crippen molar-refractivity contribution in [2.45, 2.75) is 110 Å². The van der Waals surface area contributed by atoms with Crippen molar-refractivity contribution >= 4 is 0 Å². The van der Waals surface area contributed by atoms with E-state index in [9.17, 15) is 10.2 Å². The average Bonchev–Trinajstić information content (AvgIpc) is 2.85. The van der Waals surface area contributed by atoms with Crippen molar-refractivity contribution in [2.75, 3.05) is 60.0 Å². The number of hydrogen-bond donors (Lipinski definition) is 2. The fourth-order valence-corrected chi connectivity index (χ4v) is 5.25. The molecule has 1 heterocycles. The van der Waals surface area contributed by atoms with Crippen LogP contribution < -0.4 is 0 Å². The highest BCUT2D eigenvalue weighted by Crippen LogP contribution is 2.43. The summed E-state index contributed by atoms with van der Waals surface area (Å²) < 4.78 is 36.7. The molecule has 0 radical (unpaired) electrons. The normalized spacial score (nSPS) is 25.3. The second-order valence-corrected chi connectivity index (χ2v) is 9.82. The molecule has 1 aliphatic heterocycles. The van der Waals surface area contributed by atoms with Crippen molar-refractivity contribution in [1.82, 2.24) is 0 Å². The van der Waals surface area contributed by atoms with E-state index in [1.165, 1.54) is 19.3 Å². The van der Waals surface area contributed by atoms with Gasteiger partial charge in [-0.3, -0.25) is 0 Å². The van der Waals surface area contributed by atoms with Crippen LogP contribution in [0.5, 0.6) is 0 Å². The number of hydrogen-bond acceptors (Lipinski definition) is 8. The van der Waals surface area contributed by atoms with Gasteiger partial charge in [0, 0.05) is 13.7 Å². The summed E-state index contributed by atoms with van der Waals surface area (Å²) in [5.74, 6) is 0. The topological polar surface area (TPSA) is 95.8 Å². The first-order chi connectivity index (χ1) is 17.0. The van der Waals surface area contributed by atoms with Gasteiger partial charge in [0.25, 0.3) is 0 Å². The minimum atomic E-state index is -0.411. The van der Waals surface area contributed by atoms with E-state index < -0.39 is 18.3 Å². The molecule has 8 heteroatoms. The SMILES string of the molecule is CCCCCCOCCOC1C(OC)C(COCCO)OC(C(C)(CCC)CCC)C1OCCO. The quantitative estimate of drug-likeness (QED) is 0.214. The first-order valence-electron chi connectivity index (χ1n) is 13.8. The zero-order valence-corrected chi connectivity index (χ0v) is 23.0. The minimum Gasteiger partial charge on any atom is -0.394 e. The van der Waals surface area contributed by atoms with Crippen LogP contribution in [0.2, 0.25) is 0 Å². The molecule has 0 aliphatic carbocycles. The van der Waals surface area contributed by atoms with Gasteiger partial charge in [0.05, 0.1) is 52.4 Å². The van der Waals surface area contributed by atoms with Gasteiger partial charge in [-0.2, -0.15) is 0 Å². The largest absolute Gasteiger partial charge is 0.394 e. The molecule has 1 aliphatic rings. The lowest BCUT2D eigenvalue weighted by atomic mass is 9.71. The first kappa shape index (κ1) is 32.7. The molecule has 8 nitrogen and oxygen atoms in total. The molecule has 2 N–H and O–H groups in total. The Labute approximate surface area is 213 Å². The average molecular weight is 507 g/mol. The number of unbranched alkanes of at least 4 members (excludes halogenated alkanes) is 3. The van der Waals surface area contributed by atoms with E-state index in [0.717, 1.165) is 38.7 Å². The number of methoxy groups -OCH3 is 1. The highest BCUT2D eigenvalue weighted by molar-refractivity contribution is 5.01. The maximum absolute atomic E-state index is 9.53. The van der Waals surface area contributed by atoms with Gasteiger partial charge >= 0.3 is 0 Å². The lowest BCUT2D eigenvalue weighted by molar-refractivity contribution is -0.285. The van der Waals surface area contributed by atoms with E-state index in [2.05, 4.69) is 27.7 Å². The van der Waals surface area contributed by atoms with Gasteiger partial charge in [-0.25, -0.2) is 0 Å². The Hall–Kier alpha value is -0.320. The van der Waals surface area contributed by atoms with E-state index in [-0.39, 0.29) is 44.1 Å². The summed E-state index contributed by atoms with van der Waals surface area (Å²) in [4.78, 5) is 0. The smallest absolute Gasteiger partial charge is 0.115 e. The minimum absolute atomic E-state index is 0.0467. The lowest BCUT2D eigenvalue weighted by Crippen LogP contribution is -2.64. The van der Waals surface area contributed by atoms with Crippen LogP contribution in [0.3, 0.4) is 0 Å². The highest BCUT2D eigenvalue weighted by atomic mass is 16.6. The number of aliphatic hydroxyl groups is 2. The van der Waals surface area contributed by atoms with Gasteiger partial charge in [0.1, 0.15) is 24.4 Å². The summed E-state index contributed by atoms with van der Waals surface area (Å²) >= 11 is 0. The van der Waals surface area contributed by atoms with E-state index >= 15 is 0 Å². The Kier molecular flexibility index (Phi) is 18.5. The predicted octanol–water partition coefficient (Wildman–Crippen LogP) is 3.74. The van der Waals surface area contributed by atoms with Crippen molar-refractivity contribution in [2.24, 2.45) is 5.41 Å². The van der Waals surface area contributed by atoms with Gasteiger partial charge in [-0.05, 0) is 24.7 Å². The van der Waals surface area contributed by atoms with Gasteiger partial charge in [0.2, 0.25) is 0 Å². The molecule has 0 aromatic carbocycles. The third kappa shape index (κ3) is 11.3. The second-order valence-electron chi connectivity index (χ2n) is 9.82. The van der Waals surface area contributed by atoms with Crippen LogP contribution in [0.4, 0.5) is 0 Å². The molecule has 0 spiro atoms. The fourth-order valence-electron chi connectivity index (χ4n) is 5.25. The predicted molar refractivity (Wildman–Crippen MR) is 137 cm³/mol. The summed E-state index contributed by atoms with van der Waals surface area (Å²) in [6, 6.07) is 0. The third-order valence-corrected chi connectivity index (χ3v) is 6.83. The van der Waals surface area contributed by atoms with E-state index in [1.54, 1.807) is 7.11 Å². The molecule has 210 valence electrons. The molecule has 0 bridgehead atoms. The molecule has 0 aromatic rings. The zero-order valence-electron chi connectivity index (χ0n) is 23.0. The zero-order chi connectivity index (χ0) is 25.9. The van der Waals surface area contributed by atoms with Crippen LogP contribution in [0.15, 0.2) is 0 Å². The van der Waals surface area contributed by atoms with Gasteiger partial charge in [0.15, 0.2) is 0 Å². The molecule has 0 amide bonds. The third-order valence-electron chi connectivity index (χ3n) is 6.83. The summed E-state index contributed by atoms with van der Waals surface area (Å²) in [7, 11) is 1.65. The van der Waals surface area contributed by atoms with Crippen LogP contribution in [0, 0.1) is 5.41 Å². The second kappa shape index (κ2) is 19.7. The van der Waals surface area contributed by atoms with E-state index in [1.807, 2.05) is 0 Å². The molecule has 1 rings (SSSR count). The van der Waals surface area contributed by atoms with Gasteiger partial charge in [-0.15, -0.1) is 0 Å². The van der Waals surface area contributed by atoms with Gasteiger partial charge < -0.3 is 38.6 Å². The Morgan fingerprint density at radius 3 is 2.00 bits per heavy atom. The maximum atomic E-state index is 9.53. The molecule has 5 atom stereocenters. The number of ether oxygens (including phenoxy) is 6. The molecule has 1 saturated heterocycles. The standard InChI is InChI=1S/C27H54O8/c1-6-9-10-11-16-31-19-20-34-24-23(30-5)22(21-32-17-14-28)35-26(25(24)33-18-15-29)27(4,12-7-2)13-8-3/h22-26,28-29H,6-21H2,1-5H3. The fraction of sp³-hybridized carbons (Fsp3) is 1.00. The molecular formula is C27H54O8. The maximum Gasteiger partial charge on any atom is 0.115 e. The van der Waals surface area contributed by atoms with E-state index in [4.69, 9.17) is 28.4 Å². The Morgan fingerprint density at radius 2 is 1.40 bits per heavy atom. The summed E-state index contributed by atoms with van der Waals surface area (Å²) in [6.45, 7) is 11.1. The lowest BCUT2D eigenvalue weighted by Gasteiger charge is -2.51. The van der Waals surface area contributed by atoms with E-state index in [0.29, 0.717) is 19.8 Å². The van der Waals surface area contributed by atoms with Crippen LogP contribution >= 0.6 is 0 Å². The van der Waals surface area contributed by atoms with Crippen LogP contribution in [0.1, 0.15) is 79.1 Å². The van der Waals surface area contributed by atoms with Crippen molar-refractivity contribution in [1.29, 1.82) is 0 Å². The van der Waals surface area contributed by atoms with Crippen molar-refractivity contribution in [3.8, 4) is 0 Å². The van der Waals surface area contributed by atoms with Crippen molar-refractivity contribution in [3.63, 3.8) is 0 Å². The van der Waals surface area contributed by atoms with Crippen molar-refractivity contribution < 1.29 is 38.6 Å². The highest BCUT2D eigenvalue weighted by Gasteiger charge is 2.53. The Bertz CT molecular complexity index is 486. The molecule has 5 unspecified atom stereocenters. The summed E-state index contributed by atoms with van der Waals surface area (Å²) in [5, 5.41) is 18.7. The summed E-state index contributed by atoms with van der Waals surface area (Å²) in [6.07, 6.45) is 6.90. The Morgan fingerprint density at radius 1 is 0.714 bits per heavy atom. The molecule has 0 aromatic heterocycles.